The number of thiocarbonyl (C=S) groups is 1. The Morgan fingerprint density at radius 2 is 1.67 bits per heavy atom. The summed E-state index contributed by atoms with van der Waals surface area (Å²) in [5.74, 6) is -1.11. The molecule has 6 rings (SSSR count). The van der Waals surface area contributed by atoms with Gasteiger partial charge in [-0.3, -0.25) is 39.2 Å². The Hall–Kier alpha value is -4.43. The Morgan fingerprint density at radius 3 is 2.26 bits per heavy atom. The van der Waals surface area contributed by atoms with Gasteiger partial charge in [0.15, 0.2) is 5.11 Å². The van der Waals surface area contributed by atoms with Crippen LogP contribution in [-0.4, -0.2) is 106 Å². The van der Waals surface area contributed by atoms with Gasteiger partial charge in [0.05, 0.1) is 47.6 Å². The fourth-order valence-electron chi connectivity index (χ4n) is 8.80. The van der Waals surface area contributed by atoms with Crippen molar-refractivity contribution in [1.29, 1.82) is 5.26 Å². The minimum Gasteiger partial charge on any atom is -0.377 e. The van der Waals surface area contributed by atoms with Gasteiger partial charge in [0.1, 0.15) is 5.54 Å². The molecule has 3 saturated heterocycles. The van der Waals surface area contributed by atoms with E-state index in [0.717, 1.165) is 55.1 Å². The van der Waals surface area contributed by atoms with Crippen LogP contribution in [-0.2, 0) is 35.5 Å². The molecule has 4 aliphatic rings. The Morgan fingerprint density at radius 1 is 1.02 bits per heavy atom. The van der Waals surface area contributed by atoms with Crippen LogP contribution in [0, 0.1) is 11.3 Å². The molecule has 1 aliphatic carbocycles. The number of amides is 4. The summed E-state index contributed by atoms with van der Waals surface area (Å²) < 4.78 is 47.5. The van der Waals surface area contributed by atoms with Gasteiger partial charge in [-0.05, 0) is 115 Å². The topological polar surface area (TPSA) is 138 Å². The summed E-state index contributed by atoms with van der Waals surface area (Å²) in [5.41, 5.74) is -2.08. The molecule has 2 aromatic carbocycles. The monoisotopic (exact) mass is 809 g/mol. The maximum atomic E-state index is 13.7. The van der Waals surface area contributed by atoms with Crippen LogP contribution in [0.1, 0.15) is 89.8 Å². The molecule has 0 radical (unpaired) electrons. The predicted octanol–water partition coefficient (Wildman–Crippen LogP) is 5.34. The van der Waals surface area contributed by atoms with Gasteiger partial charge in [-0.15, -0.1) is 0 Å². The van der Waals surface area contributed by atoms with Gasteiger partial charge in [0.2, 0.25) is 17.7 Å². The van der Waals surface area contributed by atoms with Crippen molar-refractivity contribution in [2.75, 3.05) is 43.0 Å². The summed E-state index contributed by atoms with van der Waals surface area (Å²) in [6.07, 6.45) is -1.12. The largest absolute Gasteiger partial charge is 0.417 e. The fraction of sp³-hybridized carbons (Fsp3) is 0.561. The van der Waals surface area contributed by atoms with E-state index >= 15 is 0 Å². The highest BCUT2D eigenvalue weighted by Crippen LogP contribution is 2.41. The van der Waals surface area contributed by atoms with Crippen molar-refractivity contribution in [2.45, 2.75) is 115 Å². The number of ether oxygens (including phenoxy) is 1. The van der Waals surface area contributed by atoms with Crippen LogP contribution < -0.4 is 15.5 Å². The second-order valence-electron chi connectivity index (χ2n) is 16.5. The molecular weight excluding hydrogens is 760 g/mol. The first-order valence-corrected chi connectivity index (χ1v) is 19.9. The van der Waals surface area contributed by atoms with Crippen molar-refractivity contribution >= 4 is 52.3 Å². The molecule has 306 valence electrons. The summed E-state index contributed by atoms with van der Waals surface area (Å²) in [4.78, 5) is 58.4. The number of nitrogens with one attached hydrogen (secondary N) is 2. The van der Waals surface area contributed by atoms with Gasteiger partial charge in [-0.2, -0.15) is 18.4 Å². The molecule has 1 saturated carbocycles. The van der Waals surface area contributed by atoms with Crippen molar-refractivity contribution in [1.82, 2.24) is 20.0 Å². The maximum absolute atomic E-state index is 13.7. The van der Waals surface area contributed by atoms with E-state index in [4.69, 9.17) is 17.0 Å². The van der Waals surface area contributed by atoms with Crippen molar-refractivity contribution in [3.63, 3.8) is 0 Å². The molecule has 12 nitrogen and oxygen atoms in total. The highest BCUT2D eigenvalue weighted by molar-refractivity contribution is 7.80. The quantitative estimate of drug-likeness (QED) is 0.239. The summed E-state index contributed by atoms with van der Waals surface area (Å²) in [6, 6.07) is 12.2. The number of alkyl halides is 3. The molecule has 57 heavy (non-hydrogen) atoms. The molecule has 4 amide bonds. The average Bonchev–Trinajstić information content (AvgIpc) is 3.33. The van der Waals surface area contributed by atoms with Crippen molar-refractivity contribution in [3.8, 4) is 6.07 Å². The molecule has 3 aliphatic heterocycles. The van der Waals surface area contributed by atoms with Gasteiger partial charge < -0.3 is 15.0 Å². The smallest absolute Gasteiger partial charge is 0.377 e. The third-order valence-electron chi connectivity index (χ3n) is 12.1. The van der Waals surface area contributed by atoms with E-state index < -0.39 is 34.2 Å². The number of halogens is 3. The molecule has 3 heterocycles. The van der Waals surface area contributed by atoms with Crippen molar-refractivity contribution in [3.05, 3.63) is 59.2 Å². The number of nitriles is 1. The van der Waals surface area contributed by atoms with Gasteiger partial charge in [-0.1, -0.05) is 12.1 Å². The summed E-state index contributed by atoms with van der Waals surface area (Å²) in [7, 11) is 0. The van der Waals surface area contributed by atoms with E-state index in [1.54, 1.807) is 32.0 Å². The van der Waals surface area contributed by atoms with Crippen LogP contribution in [0.15, 0.2) is 42.5 Å². The van der Waals surface area contributed by atoms with Gasteiger partial charge >= 0.3 is 6.18 Å². The zero-order valence-corrected chi connectivity index (χ0v) is 33.8. The number of hydrogen-bond acceptors (Lipinski definition) is 9. The number of carbonyl (C=O) groups excluding carboxylic acids is 4. The molecule has 0 bridgehead atoms. The normalized spacial score (nSPS) is 27.4. The van der Waals surface area contributed by atoms with E-state index in [2.05, 4.69) is 34.3 Å². The van der Waals surface area contributed by atoms with E-state index in [1.807, 2.05) is 24.0 Å². The number of anilines is 2. The second-order valence-corrected chi connectivity index (χ2v) is 16.8. The van der Waals surface area contributed by atoms with Crippen molar-refractivity contribution < 1.29 is 37.1 Å². The zero-order chi connectivity index (χ0) is 41.4. The molecule has 2 N–H and O–H groups in total. The Kier molecular flexibility index (Phi) is 12.2. The SMILES string of the molecule is C[C@@H]1CN(CCOC2CCC(N3C(=S)N(c4ccc(C#N)c(C(F)(F)F)c4)C(=O)C3(C)C)CC2)C[C@H](C)N1CC(=O)Nc1ccc([C@]2(C)CCC(=O)NC2=O)cc1. The maximum Gasteiger partial charge on any atom is 0.417 e. The van der Waals surface area contributed by atoms with Crippen LogP contribution >= 0.6 is 12.2 Å². The number of piperidine rings is 1. The summed E-state index contributed by atoms with van der Waals surface area (Å²) in [6.45, 7) is 12.6. The zero-order valence-electron chi connectivity index (χ0n) is 32.9. The molecule has 2 aromatic rings. The van der Waals surface area contributed by atoms with E-state index in [-0.39, 0.29) is 65.7 Å². The number of hydrogen-bond donors (Lipinski definition) is 2. The van der Waals surface area contributed by atoms with Crippen LogP contribution in [0.4, 0.5) is 24.5 Å². The summed E-state index contributed by atoms with van der Waals surface area (Å²) >= 11 is 5.74. The number of carbonyl (C=O) groups is 4. The molecule has 0 aromatic heterocycles. The average molecular weight is 810 g/mol. The number of piperazine rings is 1. The Bertz CT molecular complexity index is 1930. The van der Waals surface area contributed by atoms with Gasteiger partial charge in [-0.25, -0.2) is 0 Å². The van der Waals surface area contributed by atoms with E-state index in [9.17, 15) is 37.6 Å². The molecule has 0 spiro atoms. The number of rotatable bonds is 10. The number of imide groups is 1. The van der Waals surface area contributed by atoms with E-state index in [1.165, 1.54) is 6.07 Å². The highest BCUT2D eigenvalue weighted by atomic mass is 32.1. The van der Waals surface area contributed by atoms with Gasteiger partial charge in [0.25, 0.3) is 5.91 Å². The lowest BCUT2D eigenvalue weighted by atomic mass is 9.75. The Balaban J connectivity index is 0.947. The first-order valence-electron chi connectivity index (χ1n) is 19.5. The molecule has 3 atom stereocenters. The van der Waals surface area contributed by atoms with Crippen LogP contribution in [0.3, 0.4) is 0 Å². The summed E-state index contributed by atoms with van der Waals surface area (Å²) in [5, 5.41) is 14.8. The minimum atomic E-state index is -4.76. The third-order valence-corrected chi connectivity index (χ3v) is 12.5. The molecular formula is C41H50F3N7O5S. The Labute approximate surface area is 336 Å². The lowest BCUT2D eigenvalue weighted by Gasteiger charge is -2.44. The molecule has 16 heteroatoms. The molecule has 4 fully saturated rings. The van der Waals surface area contributed by atoms with Gasteiger partial charge in [0, 0.05) is 49.9 Å². The van der Waals surface area contributed by atoms with Crippen LogP contribution in [0.25, 0.3) is 0 Å². The number of benzene rings is 2. The first-order chi connectivity index (χ1) is 26.8. The minimum absolute atomic E-state index is 0.0122. The third kappa shape index (κ3) is 8.72. The van der Waals surface area contributed by atoms with Crippen LogP contribution in [0.5, 0.6) is 0 Å². The van der Waals surface area contributed by atoms with E-state index in [0.29, 0.717) is 31.6 Å². The van der Waals surface area contributed by atoms with Crippen LogP contribution in [0.2, 0.25) is 0 Å². The highest BCUT2D eigenvalue weighted by Gasteiger charge is 2.53. The predicted molar refractivity (Wildman–Crippen MR) is 211 cm³/mol. The fourth-order valence-corrected chi connectivity index (χ4v) is 9.37. The first kappa shape index (κ1) is 42.2. The van der Waals surface area contributed by atoms with Crippen molar-refractivity contribution in [2.24, 2.45) is 0 Å². The lowest BCUT2D eigenvalue weighted by molar-refractivity contribution is -0.138. The standard InChI is InChI=1S/C41H50F3N7O5S/c1-25-22-48(23-26(2)49(25)24-35(53)46-29-9-7-28(8-10-29)40(5)17-16-34(52)47-36(40)54)18-19-56-32-14-12-30(13-15-32)51-38(57)50(37(55)39(51,3)4)31-11-6-27(21-45)33(20-31)41(42,43)44/h6-11,20,25-26,30,32H,12-19,22-24H2,1-5H3,(H,46,53)(H,47,52,54)/t25-,26+,30?,32?,40-/m0/s1. The molecule has 0 unspecified atom stereocenters. The lowest BCUT2D eigenvalue weighted by Crippen LogP contribution is -2.58. The second kappa shape index (κ2) is 16.4. The number of nitrogens with zero attached hydrogens (tertiary/aromatic N) is 5.